The fourth-order valence-corrected chi connectivity index (χ4v) is 2.93. The molecular weight excluding hydrogens is 392 g/mol. The van der Waals surface area contributed by atoms with Gasteiger partial charge in [0.05, 0.1) is 18.7 Å². The first-order valence-electron chi connectivity index (χ1n) is 9.00. The Balaban J connectivity index is 1.60. The minimum absolute atomic E-state index is 0.228. The van der Waals surface area contributed by atoms with E-state index in [1.54, 1.807) is 36.9 Å². The van der Waals surface area contributed by atoms with Crippen LogP contribution >= 0.6 is 11.6 Å². The van der Waals surface area contributed by atoms with Crippen LogP contribution in [0.1, 0.15) is 18.1 Å². The van der Waals surface area contributed by atoms with Crippen molar-refractivity contribution in [3.63, 3.8) is 0 Å². The maximum Gasteiger partial charge on any atom is 0.244 e. The van der Waals surface area contributed by atoms with Crippen molar-refractivity contribution in [3.05, 3.63) is 71.4 Å². The molecule has 1 amide bonds. The van der Waals surface area contributed by atoms with Gasteiger partial charge in [0.2, 0.25) is 5.91 Å². The summed E-state index contributed by atoms with van der Waals surface area (Å²) >= 11 is 6.22. The minimum Gasteiger partial charge on any atom is -0.491 e. The quantitative estimate of drug-likeness (QED) is 0.571. The Bertz CT molecular complexity index is 986. The molecule has 0 saturated carbocycles. The van der Waals surface area contributed by atoms with Gasteiger partial charge in [-0.1, -0.05) is 17.7 Å². The highest BCUT2D eigenvalue weighted by Gasteiger charge is 2.10. The largest absolute Gasteiger partial charge is 0.491 e. The van der Waals surface area contributed by atoms with Crippen LogP contribution in [0.15, 0.2) is 55.3 Å². The van der Waals surface area contributed by atoms with Gasteiger partial charge in [-0.05, 0) is 42.3 Å². The first-order valence-corrected chi connectivity index (χ1v) is 9.38. The lowest BCUT2D eigenvalue weighted by molar-refractivity contribution is -0.116. The number of rotatable bonds is 8. The molecule has 0 bridgehead atoms. The van der Waals surface area contributed by atoms with Crippen molar-refractivity contribution < 1.29 is 14.3 Å². The molecule has 8 heteroatoms. The molecule has 0 fully saturated rings. The number of ether oxygens (including phenoxy) is 2. The number of nitrogens with one attached hydrogen (secondary N) is 1. The van der Waals surface area contributed by atoms with Crippen molar-refractivity contribution >= 4 is 23.6 Å². The third kappa shape index (κ3) is 5.36. The lowest BCUT2D eigenvalue weighted by Gasteiger charge is -2.11. The second-order valence-electron chi connectivity index (χ2n) is 6.01. The van der Waals surface area contributed by atoms with Gasteiger partial charge in [-0.2, -0.15) is 0 Å². The Hall–Kier alpha value is -3.32. The number of carbonyl (C=O) groups excluding carboxylic acids is 1. The van der Waals surface area contributed by atoms with Crippen molar-refractivity contribution in [1.82, 2.24) is 19.9 Å². The topological polar surface area (TPSA) is 78.3 Å². The predicted octanol–water partition coefficient (Wildman–Crippen LogP) is 3.66. The Morgan fingerprint density at radius 2 is 2.21 bits per heavy atom. The van der Waals surface area contributed by atoms with Crippen LogP contribution in [0.5, 0.6) is 11.5 Å². The van der Waals surface area contributed by atoms with E-state index in [-0.39, 0.29) is 5.91 Å². The summed E-state index contributed by atoms with van der Waals surface area (Å²) in [5, 5.41) is 3.25. The number of halogens is 1. The van der Waals surface area contributed by atoms with E-state index in [4.69, 9.17) is 21.1 Å². The molecule has 0 aliphatic carbocycles. The summed E-state index contributed by atoms with van der Waals surface area (Å²) in [5.74, 6) is 1.54. The van der Waals surface area contributed by atoms with Crippen molar-refractivity contribution in [2.75, 3.05) is 13.7 Å². The Morgan fingerprint density at radius 1 is 1.34 bits per heavy atom. The molecule has 1 aromatic carbocycles. The summed E-state index contributed by atoms with van der Waals surface area (Å²) < 4.78 is 12.6. The van der Waals surface area contributed by atoms with Crippen molar-refractivity contribution in [1.29, 1.82) is 0 Å². The van der Waals surface area contributed by atoms with E-state index in [1.165, 1.54) is 13.2 Å². The maximum atomic E-state index is 12.1. The minimum atomic E-state index is -0.228. The Morgan fingerprint density at radius 3 is 2.86 bits per heavy atom. The van der Waals surface area contributed by atoms with Gasteiger partial charge in [0.1, 0.15) is 12.1 Å². The highest BCUT2D eigenvalue weighted by atomic mass is 35.5. The van der Waals surface area contributed by atoms with Gasteiger partial charge in [0.15, 0.2) is 11.5 Å². The number of carbonyl (C=O) groups is 1. The van der Waals surface area contributed by atoms with E-state index in [1.807, 2.05) is 29.8 Å². The molecule has 0 atom stereocenters. The summed E-state index contributed by atoms with van der Waals surface area (Å²) in [4.78, 5) is 20.5. The third-order valence-corrected chi connectivity index (χ3v) is 4.29. The van der Waals surface area contributed by atoms with Gasteiger partial charge in [-0.25, -0.2) is 9.97 Å². The molecule has 3 rings (SSSR count). The number of methoxy groups -OCH3 is 1. The van der Waals surface area contributed by atoms with Crippen LogP contribution in [0.25, 0.3) is 11.9 Å². The average molecular weight is 413 g/mol. The van der Waals surface area contributed by atoms with Crippen LogP contribution in [-0.4, -0.2) is 34.2 Å². The van der Waals surface area contributed by atoms with Crippen molar-refractivity contribution in [2.45, 2.75) is 13.5 Å². The van der Waals surface area contributed by atoms with Gasteiger partial charge in [-0.3, -0.25) is 9.36 Å². The molecule has 0 spiro atoms. The van der Waals surface area contributed by atoms with E-state index in [2.05, 4.69) is 15.3 Å². The van der Waals surface area contributed by atoms with E-state index in [0.29, 0.717) is 29.7 Å². The lowest BCUT2D eigenvalue weighted by atomic mass is 10.2. The first-order chi connectivity index (χ1) is 14.1. The molecule has 7 nitrogen and oxygen atoms in total. The fourth-order valence-electron chi connectivity index (χ4n) is 2.63. The number of amides is 1. The number of hydrogen-bond donors (Lipinski definition) is 1. The number of aromatic nitrogens is 3. The molecule has 2 aromatic heterocycles. The standard InChI is InChI=1S/C21H21ClN4O3/c1-3-29-18-11-15(10-17(22)21(18)28-2)5-7-20(27)25-13-16-4-6-19(24-12-16)26-9-8-23-14-26/h4-12,14H,3,13H2,1-2H3,(H,25,27)/b7-5+. The van der Waals surface area contributed by atoms with Crippen LogP contribution < -0.4 is 14.8 Å². The fraction of sp³-hybridized carbons (Fsp3) is 0.190. The molecule has 0 aliphatic heterocycles. The van der Waals surface area contributed by atoms with E-state index >= 15 is 0 Å². The molecule has 150 valence electrons. The van der Waals surface area contributed by atoms with Gasteiger partial charge < -0.3 is 14.8 Å². The monoisotopic (exact) mass is 412 g/mol. The third-order valence-electron chi connectivity index (χ3n) is 4.01. The van der Waals surface area contributed by atoms with Gasteiger partial charge in [0, 0.05) is 31.2 Å². The van der Waals surface area contributed by atoms with Gasteiger partial charge >= 0.3 is 0 Å². The van der Waals surface area contributed by atoms with E-state index < -0.39 is 0 Å². The van der Waals surface area contributed by atoms with Gasteiger partial charge in [-0.15, -0.1) is 0 Å². The van der Waals surface area contributed by atoms with Crippen molar-refractivity contribution in [2.24, 2.45) is 0 Å². The zero-order chi connectivity index (χ0) is 20.6. The molecule has 0 aliphatic rings. The summed E-state index contributed by atoms with van der Waals surface area (Å²) in [7, 11) is 1.53. The summed E-state index contributed by atoms with van der Waals surface area (Å²) in [6, 6.07) is 7.26. The average Bonchev–Trinajstić information content (AvgIpc) is 3.26. The number of hydrogen-bond acceptors (Lipinski definition) is 5. The molecule has 1 N–H and O–H groups in total. The van der Waals surface area contributed by atoms with Crippen LogP contribution in [0.3, 0.4) is 0 Å². The molecular formula is C21H21ClN4O3. The van der Waals surface area contributed by atoms with Crippen LogP contribution in [0.4, 0.5) is 0 Å². The maximum absolute atomic E-state index is 12.1. The number of benzene rings is 1. The highest BCUT2D eigenvalue weighted by Crippen LogP contribution is 2.36. The number of pyridine rings is 1. The zero-order valence-corrected chi connectivity index (χ0v) is 16.9. The Labute approximate surface area is 174 Å². The second kappa shape index (κ2) is 9.75. The second-order valence-corrected chi connectivity index (χ2v) is 6.42. The van der Waals surface area contributed by atoms with E-state index in [9.17, 15) is 4.79 Å². The number of nitrogens with zero attached hydrogens (tertiary/aromatic N) is 3. The zero-order valence-electron chi connectivity index (χ0n) is 16.1. The van der Waals surface area contributed by atoms with Crippen LogP contribution in [0, 0.1) is 0 Å². The normalized spacial score (nSPS) is 10.9. The smallest absolute Gasteiger partial charge is 0.244 e. The Kier molecular flexibility index (Phi) is 6.86. The predicted molar refractivity (Wildman–Crippen MR) is 111 cm³/mol. The highest BCUT2D eigenvalue weighted by molar-refractivity contribution is 6.32. The molecule has 29 heavy (non-hydrogen) atoms. The van der Waals surface area contributed by atoms with E-state index in [0.717, 1.165) is 16.9 Å². The number of imidazole rings is 1. The van der Waals surface area contributed by atoms with Crippen LogP contribution in [-0.2, 0) is 11.3 Å². The summed E-state index contributed by atoms with van der Waals surface area (Å²) in [6.07, 6.45) is 10.0. The van der Waals surface area contributed by atoms with Gasteiger partial charge in [0.25, 0.3) is 0 Å². The molecule has 3 aromatic rings. The molecule has 2 heterocycles. The lowest BCUT2D eigenvalue weighted by Crippen LogP contribution is -2.20. The SMILES string of the molecule is CCOc1cc(/C=C/C(=O)NCc2ccc(-n3ccnc3)nc2)cc(Cl)c1OC. The molecule has 0 unspecified atom stereocenters. The molecule has 0 radical (unpaired) electrons. The van der Waals surface area contributed by atoms with Crippen LogP contribution in [0.2, 0.25) is 5.02 Å². The molecule has 0 saturated heterocycles. The van der Waals surface area contributed by atoms with Crippen molar-refractivity contribution in [3.8, 4) is 17.3 Å². The first kappa shape index (κ1) is 20.4. The summed E-state index contributed by atoms with van der Waals surface area (Å²) in [6.45, 7) is 2.72. The summed E-state index contributed by atoms with van der Waals surface area (Å²) in [5.41, 5.74) is 1.63.